The van der Waals surface area contributed by atoms with Crippen molar-refractivity contribution in [3.63, 3.8) is 0 Å². The molecule has 1 rings (SSSR count). The van der Waals surface area contributed by atoms with E-state index >= 15 is 0 Å². The molecule has 0 aromatic heterocycles. The van der Waals surface area contributed by atoms with E-state index in [9.17, 15) is 13.2 Å². The summed E-state index contributed by atoms with van der Waals surface area (Å²) in [6.07, 6.45) is -4.42. The molecule has 1 aromatic rings. The number of rotatable bonds is 8. The van der Waals surface area contributed by atoms with Gasteiger partial charge in [-0.2, -0.15) is 13.2 Å². The van der Waals surface area contributed by atoms with Gasteiger partial charge in [-0.25, -0.2) is 0 Å². The van der Waals surface area contributed by atoms with Crippen molar-refractivity contribution < 1.29 is 22.6 Å². The van der Waals surface area contributed by atoms with Crippen molar-refractivity contribution in [3.8, 4) is 0 Å². The summed E-state index contributed by atoms with van der Waals surface area (Å²) in [5.74, 6) is 0. The van der Waals surface area contributed by atoms with E-state index in [1.54, 1.807) is 14.2 Å². The Bertz CT molecular complexity index is 431. The molecule has 0 saturated heterocycles. The third-order valence-electron chi connectivity index (χ3n) is 3.06. The van der Waals surface area contributed by atoms with E-state index in [1.165, 1.54) is 12.1 Å². The van der Waals surface area contributed by atoms with Crippen LogP contribution in [0.4, 0.5) is 18.9 Å². The van der Waals surface area contributed by atoms with Crippen LogP contribution in [-0.2, 0) is 22.2 Å². The predicted molar refractivity (Wildman–Crippen MR) is 74.9 cm³/mol. The second-order valence-corrected chi connectivity index (χ2v) is 4.68. The van der Waals surface area contributed by atoms with Gasteiger partial charge in [0.1, 0.15) is 0 Å². The van der Waals surface area contributed by atoms with E-state index in [1.807, 2.05) is 4.90 Å². The summed E-state index contributed by atoms with van der Waals surface area (Å²) in [6.45, 7) is 2.12. The van der Waals surface area contributed by atoms with Gasteiger partial charge in [0.2, 0.25) is 0 Å². The maximum Gasteiger partial charge on any atom is 0.416 e. The molecule has 0 atom stereocenters. The van der Waals surface area contributed by atoms with E-state index in [4.69, 9.17) is 15.2 Å². The highest BCUT2D eigenvalue weighted by molar-refractivity contribution is 5.46. The van der Waals surface area contributed by atoms with Crippen LogP contribution in [0.25, 0.3) is 0 Å². The number of nitrogens with two attached hydrogens (primary N) is 1. The first-order chi connectivity index (χ1) is 9.88. The highest BCUT2D eigenvalue weighted by Crippen LogP contribution is 2.33. The van der Waals surface area contributed by atoms with Crippen molar-refractivity contribution in [2.24, 2.45) is 0 Å². The number of nitrogens with zero attached hydrogens (tertiary/aromatic N) is 1. The van der Waals surface area contributed by atoms with Crippen molar-refractivity contribution >= 4 is 5.69 Å². The van der Waals surface area contributed by atoms with E-state index in [0.29, 0.717) is 26.3 Å². The maximum atomic E-state index is 13.1. The van der Waals surface area contributed by atoms with Crippen LogP contribution < -0.4 is 5.73 Å². The molecule has 21 heavy (non-hydrogen) atoms. The SMILES string of the molecule is COCCN(CCOC)Cc1ccc(N)cc1C(F)(F)F. The summed E-state index contributed by atoms with van der Waals surface area (Å²) in [7, 11) is 3.11. The number of hydrogen-bond acceptors (Lipinski definition) is 4. The number of hydrogen-bond donors (Lipinski definition) is 1. The van der Waals surface area contributed by atoms with Gasteiger partial charge in [-0.15, -0.1) is 0 Å². The Labute approximate surface area is 122 Å². The highest BCUT2D eigenvalue weighted by Gasteiger charge is 2.33. The lowest BCUT2D eigenvalue weighted by Crippen LogP contribution is -2.31. The van der Waals surface area contributed by atoms with Crippen LogP contribution in [0.5, 0.6) is 0 Å². The van der Waals surface area contributed by atoms with Gasteiger partial charge in [0.05, 0.1) is 18.8 Å². The van der Waals surface area contributed by atoms with Crippen LogP contribution >= 0.6 is 0 Å². The second kappa shape index (κ2) is 8.21. The summed E-state index contributed by atoms with van der Waals surface area (Å²) in [5, 5.41) is 0. The minimum atomic E-state index is -4.42. The first-order valence-electron chi connectivity index (χ1n) is 6.54. The zero-order chi connectivity index (χ0) is 15.9. The third-order valence-corrected chi connectivity index (χ3v) is 3.06. The fraction of sp³-hybridized carbons (Fsp3) is 0.571. The van der Waals surface area contributed by atoms with E-state index in [-0.39, 0.29) is 17.8 Å². The lowest BCUT2D eigenvalue weighted by Gasteiger charge is -2.23. The Kier molecular flexibility index (Phi) is 6.94. The molecule has 0 saturated carbocycles. The van der Waals surface area contributed by atoms with Gasteiger partial charge >= 0.3 is 6.18 Å². The molecule has 0 aliphatic heterocycles. The van der Waals surface area contributed by atoms with Gasteiger partial charge < -0.3 is 15.2 Å². The molecule has 120 valence electrons. The summed E-state index contributed by atoms with van der Waals surface area (Å²) in [4.78, 5) is 1.85. The fourth-order valence-corrected chi connectivity index (χ4v) is 1.95. The Hall–Kier alpha value is -1.31. The topological polar surface area (TPSA) is 47.7 Å². The van der Waals surface area contributed by atoms with Crippen LogP contribution in [0.1, 0.15) is 11.1 Å². The first-order valence-corrected chi connectivity index (χ1v) is 6.54. The molecule has 0 aliphatic carbocycles. The number of anilines is 1. The molecular formula is C14H21F3N2O2. The number of alkyl halides is 3. The van der Waals surface area contributed by atoms with Crippen molar-refractivity contribution in [2.75, 3.05) is 46.3 Å². The lowest BCUT2D eigenvalue weighted by molar-refractivity contribution is -0.138. The van der Waals surface area contributed by atoms with Crippen LogP contribution in [0, 0.1) is 0 Å². The Morgan fingerprint density at radius 3 is 2.14 bits per heavy atom. The van der Waals surface area contributed by atoms with E-state index in [2.05, 4.69) is 0 Å². The zero-order valence-electron chi connectivity index (χ0n) is 12.2. The molecule has 7 heteroatoms. The lowest BCUT2D eigenvalue weighted by atomic mass is 10.1. The van der Waals surface area contributed by atoms with Gasteiger partial charge in [-0.3, -0.25) is 4.90 Å². The van der Waals surface area contributed by atoms with Gasteiger partial charge in [0, 0.05) is 39.5 Å². The normalized spacial score (nSPS) is 12.1. The average Bonchev–Trinajstić information content (AvgIpc) is 2.42. The van der Waals surface area contributed by atoms with E-state index in [0.717, 1.165) is 6.07 Å². The standard InChI is InChI=1S/C14H21F3N2O2/c1-20-7-5-19(6-8-21-2)10-11-3-4-12(18)9-13(11)14(15,16)17/h3-4,9H,5-8,10,18H2,1-2H3. The Morgan fingerprint density at radius 1 is 1.10 bits per heavy atom. The Balaban J connectivity index is 2.91. The van der Waals surface area contributed by atoms with Crippen LogP contribution in [0.15, 0.2) is 18.2 Å². The minimum absolute atomic E-state index is 0.103. The Morgan fingerprint density at radius 2 is 1.67 bits per heavy atom. The van der Waals surface area contributed by atoms with Crippen LogP contribution in [0.3, 0.4) is 0 Å². The van der Waals surface area contributed by atoms with Crippen molar-refractivity contribution in [2.45, 2.75) is 12.7 Å². The molecule has 0 spiro atoms. The summed E-state index contributed by atoms with van der Waals surface area (Å²) in [5.41, 5.74) is 5.07. The molecule has 0 amide bonds. The predicted octanol–water partition coefficient (Wildman–Crippen LogP) is 2.38. The molecule has 0 aliphatic rings. The summed E-state index contributed by atoms with van der Waals surface area (Å²) in [6, 6.07) is 3.88. The van der Waals surface area contributed by atoms with Crippen LogP contribution in [0.2, 0.25) is 0 Å². The number of benzene rings is 1. The average molecular weight is 306 g/mol. The van der Waals surface area contributed by atoms with Gasteiger partial charge in [-0.05, 0) is 17.7 Å². The molecule has 2 N–H and O–H groups in total. The second-order valence-electron chi connectivity index (χ2n) is 4.68. The molecule has 1 aromatic carbocycles. The zero-order valence-corrected chi connectivity index (χ0v) is 12.2. The van der Waals surface area contributed by atoms with Gasteiger partial charge in [-0.1, -0.05) is 6.07 Å². The molecule has 0 radical (unpaired) electrons. The third kappa shape index (κ3) is 5.91. The smallest absolute Gasteiger partial charge is 0.399 e. The number of halogens is 3. The molecule has 0 unspecified atom stereocenters. The molecule has 0 fully saturated rings. The summed E-state index contributed by atoms with van der Waals surface area (Å²) < 4.78 is 49.1. The highest BCUT2D eigenvalue weighted by atomic mass is 19.4. The van der Waals surface area contributed by atoms with E-state index < -0.39 is 11.7 Å². The van der Waals surface area contributed by atoms with Crippen LogP contribution in [-0.4, -0.2) is 45.4 Å². The fourth-order valence-electron chi connectivity index (χ4n) is 1.95. The number of nitrogen functional groups attached to an aromatic ring is 1. The van der Waals surface area contributed by atoms with Crippen molar-refractivity contribution in [1.82, 2.24) is 4.90 Å². The molecule has 0 bridgehead atoms. The number of methoxy groups -OCH3 is 2. The number of ether oxygens (including phenoxy) is 2. The first kappa shape index (κ1) is 17.7. The minimum Gasteiger partial charge on any atom is -0.399 e. The quantitative estimate of drug-likeness (QED) is 0.749. The monoisotopic (exact) mass is 306 g/mol. The van der Waals surface area contributed by atoms with Crippen molar-refractivity contribution in [1.29, 1.82) is 0 Å². The van der Waals surface area contributed by atoms with Crippen molar-refractivity contribution in [3.05, 3.63) is 29.3 Å². The molecule has 0 heterocycles. The maximum absolute atomic E-state index is 13.1. The summed E-state index contributed by atoms with van der Waals surface area (Å²) >= 11 is 0. The largest absolute Gasteiger partial charge is 0.416 e. The molecule has 4 nitrogen and oxygen atoms in total. The van der Waals surface area contributed by atoms with Gasteiger partial charge in [0.25, 0.3) is 0 Å². The van der Waals surface area contributed by atoms with Gasteiger partial charge in [0.15, 0.2) is 0 Å². The molecular weight excluding hydrogens is 285 g/mol.